The van der Waals surface area contributed by atoms with E-state index in [1.54, 1.807) is 7.11 Å². The maximum Gasteiger partial charge on any atom is 0.152 e. The van der Waals surface area contributed by atoms with Crippen molar-refractivity contribution >= 4 is 17.4 Å². The number of aromatic nitrogens is 2. The molecule has 0 saturated carbocycles. The van der Waals surface area contributed by atoms with Crippen molar-refractivity contribution in [2.45, 2.75) is 13.0 Å². The highest BCUT2D eigenvalue weighted by Gasteiger charge is 2.07. The maximum absolute atomic E-state index is 9.04. The Balaban J connectivity index is 1.95. The number of halogens is 1. The lowest BCUT2D eigenvalue weighted by atomic mass is 10.1. The van der Waals surface area contributed by atoms with E-state index < -0.39 is 0 Å². The van der Waals surface area contributed by atoms with Gasteiger partial charge in [-0.15, -0.1) is 0 Å². The van der Waals surface area contributed by atoms with E-state index in [2.05, 4.69) is 27.1 Å². The van der Waals surface area contributed by atoms with Crippen LogP contribution in [0.4, 0.5) is 5.82 Å². The molecule has 0 amide bonds. The molecule has 0 aliphatic heterocycles. The summed E-state index contributed by atoms with van der Waals surface area (Å²) in [5.41, 5.74) is 2.26. The highest BCUT2D eigenvalue weighted by atomic mass is 35.5. The van der Waals surface area contributed by atoms with Gasteiger partial charge in [0.1, 0.15) is 23.8 Å². The molecule has 0 radical (unpaired) electrons. The van der Waals surface area contributed by atoms with Crippen molar-refractivity contribution in [1.82, 2.24) is 9.97 Å². The normalized spacial score (nSPS) is 9.61. The molecule has 1 heterocycles. The van der Waals surface area contributed by atoms with E-state index in [0.29, 0.717) is 25.4 Å². The standard InChI is InChI=1S/C17H15ClN4O/c1-23-11-14-8-3-2-6-13(14)7-4-5-9-20-17-15(10-19)16(18)21-12-22-17/h2-3,6,8,12H,5,9,11H2,1H3,(H,20,21,22). The van der Waals surface area contributed by atoms with Crippen LogP contribution in [0.25, 0.3) is 0 Å². The summed E-state index contributed by atoms with van der Waals surface area (Å²) in [7, 11) is 1.66. The number of rotatable bonds is 5. The molecule has 6 heteroatoms. The predicted octanol–water partition coefficient (Wildman–Crippen LogP) is 3.00. The summed E-state index contributed by atoms with van der Waals surface area (Å²) in [6, 6.07) is 9.85. The van der Waals surface area contributed by atoms with Gasteiger partial charge in [0, 0.05) is 25.6 Å². The topological polar surface area (TPSA) is 70.8 Å². The Kier molecular flexibility index (Phi) is 6.38. The molecule has 1 N–H and O–H groups in total. The minimum absolute atomic E-state index is 0.143. The van der Waals surface area contributed by atoms with Crippen molar-refractivity contribution < 1.29 is 4.74 Å². The van der Waals surface area contributed by atoms with Gasteiger partial charge in [0.25, 0.3) is 0 Å². The Morgan fingerprint density at radius 3 is 2.91 bits per heavy atom. The SMILES string of the molecule is COCc1ccccc1C#CCCNc1ncnc(Cl)c1C#N. The van der Waals surface area contributed by atoms with Crippen LogP contribution in [-0.2, 0) is 11.3 Å². The molecule has 116 valence electrons. The zero-order chi connectivity index (χ0) is 16.5. The zero-order valence-electron chi connectivity index (χ0n) is 12.6. The highest BCUT2D eigenvalue weighted by molar-refractivity contribution is 6.30. The lowest BCUT2D eigenvalue weighted by Gasteiger charge is -2.05. The molecular weight excluding hydrogens is 312 g/mol. The third-order valence-corrected chi connectivity index (χ3v) is 3.28. The van der Waals surface area contributed by atoms with Crippen LogP contribution in [0.2, 0.25) is 5.15 Å². The molecule has 23 heavy (non-hydrogen) atoms. The first kappa shape index (κ1) is 16.8. The summed E-state index contributed by atoms with van der Waals surface area (Å²) in [5.74, 6) is 6.65. The molecule has 1 aromatic carbocycles. The van der Waals surface area contributed by atoms with Gasteiger partial charge in [-0.3, -0.25) is 0 Å². The largest absolute Gasteiger partial charge is 0.380 e. The smallest absolute Gasteiger partial charge is 0.152 e. The summed E-state index contributed by atoms with van der Waals surface area (Å²) in [4.78, 5) is 7.78. The summed E-state index contributed by atoms with van der Waals surface area (Å²) < 4.78 is 5.15. The van der Waals surface area contributed by atoms with E-state index >= 15 is 0 Å². The van der Waals surface area contributed by atoms with Gasteiger partial charge in [-0.1, -0.05) is 41.6 Å². The van der Waals surface area contributed by atoms with Crippen molar-refractivity contribution in [2.24, 2.45) is 0 Å². The number of hydrogen-bond acceptors (Lipinski definition) is 5. The van der Waals surface area contributed by atoms with Crippen molar-refractivity contribution in [3.05, 3.63) is 52.4 Å². The fraction of sp³-hybridized carbons (Fsp3) is 0.235. The Hall–Kier alpha value is -2.60. The molecule has 0 fully saturated rings. The molecule has 0 saturated heterocycles. The third-order valence-electron chi connectivity index (χ3n) is 3.00. The van der Waals surface area contributed by atoms with E-state index in [0.717, 1.165) is 11.1 Å². The van der Waals surface area contributed by atoms with Crippen LogP contribution in [0.1, 0.15) is 23.1 Å². The van der Waals surface area contributed by atoms with Gasteiger partial charge in [-0.05, 0) is 11.6 Å². The molecule has 0 atom stereocenters. The van der Waals surface area contributed by atoms with Crippen molar-refractivity contribution in [3.8, 4) is 17.9 Å². The molecule has 2 aromatic rings. The van der Waals surface area contributed by atoms with Gasteiger partial charge < -0.3 is 10.1 Å². The Morgan fingerprint density at radius 1 is 1.30 bits per heavy atom. The Labute approximate surface area is 140 Å². The second kappa shape index (κ2) is 8.75. The number of anilines is 1. The predicted molar refractivity (Wildman–Crippen MR) is 88.9 cm³/mol. The first-order chi connectivity index (χ1) is 11.3. The fourth-order valence-electron chi connectivity index (χ4n) is 1.92. The zero-order valence-corrected chi connectivity index (χ0v) is 13.4. The quantitative estimate of drug-likeness (QED) is 0.519. The maximum atomic E-state index is 9.04. The van der Waals surface area contributed by atoms with Crippen molar-refractivity contribution in [2.75, 3.05) is 19.0 Å². The molecular formula is C17H15ClN4O. The van der Waals surface area contributed by atoms with Crippen molar-refractivity contribution in [3.63, 3.8) is 0 Å². The van der Waals surface area contributed by atoms with Crippen LogP contribution >= 0.6 is 11.6 Å². The average Bonchev–Trinajstić information content (AvgIpc) is 2.56. The number of benzene rings is 1. The highest BCUT2D eigenvalue weighted by Crippen LogP contribution is 2.17. The molecule has 0 aliphatic carbocycles. The third kappa shape index (κ3) is 4.69. The molecule has 0 unspecified atom stereocenters. The van der Waals surface area contributed by atoms with E-state index in [-0.39, 0.29) is 10.7 Å². The minimum Gasteiger partial charge on any atom is -0.380 e. The average molecular weight is 327 g/mol. The second-order valence-electron chi connectivity index (χ2n) is 4.57. The number of methoxy groups -OCH3 is 1. The summed E-state index contributed by atoms with van der Waals surface area (Å²) in [6.45, 7) is 1.09. The van der Waals surface area contributed by atoms with Gasteiger partial charge in [0.2, 0.25) is 0 Å². The second-order valence-corrected chi connectivity index (χ2v) is 4.93. The van der Waals surface area contributed by atoms with Crippen LogP contribution < -0.4 is 5.32 Å². The van der Waals surface area contributed by atoms with Gasteiger partial charge in [0.15, 0.2) is 5.15 Å². The Morgan fingerprint density at radius 2 is 2.13 bits per heavy atom. The fourth-order valence-corrected chi connectivity index (χ4v) is 2.10. The van der Waals surface area contributed by atoms with Crippen LogP contribution in [0.3, 0.4) is 0 Å². The minimum atomic E-state index is 0.143. The summed E-state index contributed by atoms with van der Waals surface area (Å²) in [6.07, 6.45) is 1.92. The Bertz CT molecular complexity index is 774. The lowest BCUT2D eigenvalue weighted by molar-refractivity contribution is 0.184. The summed E-state index contributed by atoms with van der Waals surface area (Å²) >= 11 is 5.84. The molecule has 5 nitrogen and oxygen atoms in total. The van der Waals surface area contributed by atoms with Gasteiger partial charge >= 0.3 is 0 Å². The van der Waals surface area contributed by atoms with E-state index in [1.807, 2.05) is 30.3 Å². The number of nitrogens with zero attached hydrogens (tertiary/aromatic N) is 3. The lowest BCUT2D eigenvalue weighted by Crippen LogP contribution is -2.05. The van der Waals surface area contributed by atoms with E-state index in [9.17, 15) is 0 Å². The first-order valence-electron chi connectivity index (χ1n) is 6.96. The van der Waals surface area contributed by atoms with E-state index in [4.69, 9.17) is 21.6 Å². The number of nitriles is 1. The molecule has 2 rings (SSSR count). The van der Waals surface area contributed by atoms with E-state index in [1.165, 1.54) is 6.33 Å². The van der Waals surface area contributed by atoms with Gasteiger partial charge in [-0.2, -0.15) is 5.26 Å². The van der Waals surface area contributed by atoms with Crippen LogP contribution in [0, 0.1) is 23.2 Å². The number of hydrogen-bond donors (Lipinski definition) is 1. The monoisotopic (exact) mass is 326 g/mol. The summed E-state index contributed by atoms with van der Waals surface area (Å²) in [5, 5.41) is 12.2. The molecule has 0 spiro atoms. The molecule has 0 bridgehead atoms. The van der Waals surface area contributed by atoms with Crippen LogP contribution in [0.15, 0.2) is 30.6 Å². The first-order valence-corrected chi connectivity index (χ1v) is 7.34. The van der Waals surface area contributed by atoms with Crippen molar-refractivity contribution in [1.29, 1.82) is 5.26 Å². The van der Waals surface area contributed by atoms with Crippen LogP contribution in [0.5, 0.6) is 0 Å². The molecule has 0 aliphatic rings. The number of ether oxygens (including phenoxy) is 1. The van der Waals surface area contributed by atoms with Crippen LogP contribution in [-0.4, -0.2) is 23.6 Å². The molecule has 1 aromatic heterocycles. The number of nitrogens with one attached hydrogen (secondary N) is 1. The van der Waals surface area contributed by atoms with Gasteiger partial charge in [-0.25, -0.2) is 9.97 Å². The van der Waals surface area contributed by atoms with Gasteiger partial charge in [0.05, 0.1) is 6.61 Å².